The number of pyridine rings is 1. The van der Waals surface area contributed by atoms with E-state index in [-0.39, 0.29) is 5.91 Å². The van der Waals surface area contributed by atoms with Crippen LogP contribution in [0.15, 0.2) is 30.5 Å². The molecule has 2 N–H and O–H groups in total. The van der Waals surface area contributed by atoms with Crippen LogP contribution in [0.25, 0.3) is 0 Å². The molecular weight excluding hydrogens is 344 g/mol. The van der Waals surface area contributed by atoms with Gasteiger partial charge in [0.25, 0.3) is 5.91 Å². The number of benzene rings is 1. The molecule has 0 unspecified atom stereocenters. The van der Waals surface area contributed by atoms with Crippen LogP contribution in [0.1, 0.15) is 15.9 Å². The fourth-order valence-corrected chi connectivity index (χ4v) is 2.37. The third-order valence-corrected chi connectivity index (χ3v) is 3.59. The van der Waals surface area contributed by atoms with Gasteiger partial charge >= 0.3 is 0 Å². The molecule has 0 fully saturated rings. The van der Waals surface area contributed by atoms with Crippen molar-refractivity contribution in [3.05, 3.63) is 46.6 Å². The molecule has 2 aromatic rings. The van der Waals surface area contributed by atoms with Crippen LogP contribution in [0.2, 0.25) is 5.02 Å². The summed E-state index contributed by atoms with van der Waals surface area (Å²) in [6.07, 6.45) is 1.48. The molecule has 0 aliphatic rings. The number of anilines is 1. The lowest BCUT2D eigenvalue weighted by molar-refractivity contribution is 0.0954. The van der Waals surface area contributed by atoms with E-state index in [9.17, 15) is 4.79 Å². The molecule has 0 saturated carbocycles. The number of rotatable bonds is 7. The zero-order chi connectivity index (χ0) is 18.2. The van der Waals surface area contributed by atoms with Crippen LogP contribution in [0.5, 0.6) is 11.5 Å². The van der Waals surface area contributed by atoms with Crippen molar-refractivity contribution in [2.75, 3.05) is 32.6 Å². The number of aromatic nitrogens is 1. The maximum atomic E-state index is 12.2. The molecule has 0 atom stereocenters. The third-order valence-electron chi connectivity index (χ3n) is 3.31. The van der Waals surface area contributed by atoms with Crippen LogP contribution in [-0.2, 0) is 0 Å². The van der Waals surface area contributed by atoms with Gasteiger partial charge in [0.15, 0.2) is 11.5 Å². The van der Waals surface area contributed by atoms with Crippen molar-refractivity contribution in [3.63, 3.8) is 0 Å². The Morgan fingerprint density at radius 3 is 2.68 bits per heavy atom. The van der Waals surface area contributed by atoms with Gasteiger partial charge in [0.1, 0.15) is 11.9 Å². The van der Waals surface area contributed by atoms with E-state index in [1.165, 1.54) is 26.5 Å². The summed E-state index contributed by atoms with van der Waals surface area (Å²) in [5, 5.41) is 14.8. The van der Waals surface area contributed by atoms with Gasteiger partial charge in [0.05, 0.1) is 24.8 Å². The van der Waals surface area contributed by atoms with Crippen molar-refractivity contribution < 1.29 is 14.3 Å². The Labute approximate surface area is 150 Å². The average molecular weight is 361 g/mol. The molecule has 2 rings (SSSR count). The van der Waals surface area contributed by atoms with E-state index < -0.39 is 0 Å². The van der Waals surface area contributed by atoms with Gasteiger partial charge in [0, 0.05) is 24.8 Å². The van der Waals surface area contributed by atoms with Crippen LogP contribution in [0.3, 0.4) is 0 Å². The summed E-state index contributed by atoms with van der Waals surface area (Å²) < 4.78 is 10.3. The van der Waals surface area contributed by atoms with Gasteiger partial charge < -0.3 is 20.1 Å². The number of carbonyl (C=O) groups is 1. The topological polar surface area (TPSA) is 96.3 Å². The van der Waals surface area contributed by atoms with Crippen LogP contribution in [0, 0.1) is 11.3 Å². The molecule has 1 amide bonds. The fraction of sp³-hybridized carbons (Fsp3) is 0.235. The smallest absolute Gasteiger partial charge is 0.251 e. The first-order valence-electron chi connectivity index (χ1n) is 7.38. The maximum Gasteiger partial charge on any atom is 0.251 e. The first kappa shape index (κ1) is 18.4. The molecule has 0 saturated heterocycles. The molecular formula is C17H17ClN4O3. The summed E-state index contributed by atoms with van der Waals surface area (Å²) in [6, 6.07) is 8.46. The number of nitriles is 1. The molecule has 1 aromatic heterocycles. The lowest BCUT2D eigenvalue weighted by Gasteiger charge is -2.12. The number of nitrogens with zero attached hydrogens (tertiary/aromatic N) is 2. The zero-order valence-corrected chi connectivity index (χ0v) is 14.6. The third kappa shape index (κ3) is 4.75. The van der Waals surface area contributed by atoms with E-state index >= 15 is 0 Å². The molecule has 7 nitrogen and oxygen atoms in total. The van der Waals surface area contributed by atoms with Crippen molar-refractivity contribution in [1.29, 1.82) is 5.26 Å². The highest BCUT2D eigenvalue weighted by Gasteiger charge is 2.14. The van der Waals surface area contributed by atoms with Crippen molar-refractivity contribution in [3.8, 4) is 17.6 Å². The quantitative estimate of drug-likeness (QED) is 0.736. The summed E-state index contributed by atoms with van der Waals surface area (Å²) in [5.41, 5.74) is 0.864. The summed E-state index contributed by atoms with van der Waals surface area (Å²) in [5.74, 6) is 1.12. The Kier molecular flexibility index (Phi) is 6.43. The minimum absolute atomic E-state index is 0.280. The lowest BCUT2D eigenvalue weighted by Crippen LogP contribution is -2.28. The molecule has 1 heterocycles. The van der Waals surface area contributed by atoms with Gasteiger partial charge in [-0.25, -0.2) is 4.98 Å². The Hall–Kier alpha value is -2.98. The number of amides is 1. The first-order chi connectivity index (χ1) is 12.1. The molecule has 25 heavy (non-hydrogen) atoms. The Morgan fingerprint density at radius 1 is 1.28 bits per heavy atom. The SMILES string of the molecule is COc1cc(C(=O)NCCNc2ccc(C#N)cn2)cc(Cl)c1OC. The van der Waals surface area contributed by atoms with E-state index in [0.29, 0.717) is 46.6 Å². The van der Waals surface area contributed by atoms with Crippen LogP contribution >= 0.6 is 11.6 Å². The van der Waals surface area contributed by atoms with Gasteiger partial charge in [-0.15, -0.1) is 0 Å². The molecule has 0 aliphatic heterocycles. The maximum absolute atomic E-state index is 12.2. The summed E-state index contributed by atoms with van der Waals surface area (Å²) in [4.78, 5) is 16.3. The van der Waals surface area contributed by atoms with E-state index in [0.717, 1.165) is 0 Å². The first-order valence-corrected chi connectivity index (χ1v) is 7.76. The highest BCUT2D eigenvalue weighted by atomic mass is 35.5. The predicted molar refractivity (Wildman–Crippen MR) is 94.3 cm³/mol. The Morgan fingerprint density at radius 2 is 2.08 bits per heavy atom. The lowest BCUT2D eigenvalue weighted by atomic mass is 10.2. The second-order valence-corrected chi connectivity index (χ2v) is 5.33. The minimum Gasteiger partial charge on any atom is -0.493 e. The van der Waals surface area contributed by atoms with Crippen molar-refractivity contribution >= 4 is 23.3 Å². The molecule has 8 heteroatoms. The standard InChI is InChI=1S/C17H17ClN4O3/c1-24-14-8-12(7-13(18)16(14)25-2)17(23)21-6-5-20-15-4-3-11(9-19)10-22-15/h3-4,7-8,10H,5-6H2,1-2H3,(H,20,22)(H,21,23). The van der Waals surface area contributed by atoms with Crippen molar-refractivity contribution in [2.24, 2.45) is 0 Å². The second kappa shape index (κ2) is 8.76. The van der Waals surface area contributed by atoms with Crippen molar-refractivity contribution in [1.82, 2.24) is 10.3 Å². The summed E-state index contributed by atoms with van der Waals surface area (Å²) in [7, 11) is 2.96. The molecule has 130 valence electrons. The van der Waals surface area contributed by atoms with Crippen molar-refractivity contribution in [2.45, 2.75) is 0 Å². The van der Waals surface area contributed by atoms with Crippen LogP contribution in [0.4, 0.5) is 5.82 Å². The number of methoxy groups -OCH3 is 2. The number of hydrogen-bond acceptors (Lipinski definition) is 6. The second-order valence-electron chi connectivity index (χ2n) is 4.92. The van der Waals surface area contributed by atoms with Gasteiger partial charge in [0.2, 0.25) is 0 Å². The van der Waals surface area contributed by atoms with E-state index in [4.69, 9.17) is 26.3 Å². The molecule has 0 bridgehead atoms. The average Bonchev–Trinajstić information content (AvgIpc) is 2.64. The van der Waals surface area contributed by atoms with E-state index in [2.05, 4.69) is 15.6 Å². The molecule has 1 aromatic carbocycles. The van der Waals surface area contributed by atoms with Gasteiger partial charge in [-0.3, -0.25) is 4.79 Å². The number of nitrogens with one attached hydrogen (secondary N) is 2. The Balaban J connectivity index is 1.89. The fourth-order valence-electron chi connectivity index (χ4n) is 2.08. The number of carbonyl (C=O) groups excluding carboxylic acids is 1. The van der Waals surface area contributed by atoms with Crippen LogP contribution in [-0.4, -0.2) is 38.2 Å². The van der Waals surface area contributed by atoms with Gasteiger partial charge in [-0.1, -0.05) is 11.6 Å². The van der Waals surface area contributed by atoms with Gasteiger partial charge in [-0.2, -0.15) is 5.26 Å². The zero-order valence-electron chi connectivity index (χ0n) is 13.8. The monoisotopic (exact) mass is 360 g/mol. The normalized spacial score (nSPS) is 9.84. The van der Waals surface area contributed by atoms with Crippen LogP contribution < -0.4 is 20.1 Å². The summed E-state index contributed by atoms with van der Waals surface area (Å²) >= 11 is 6.10. The predicted octanol–water partition coefficient (Wildman–Crippen LogP) is 2.47. The molecule has 0 spiro atoms. The number of ether oxygens (including phenoxy) is 2. The Bertz CT molecular complexity index is 788. The molecule has 0 radical (unpaired) electrons. The molecule has 0 aliphatic carbocycles. The number of hydrogen-bond donors (Lipinski definition) is 2. The highest BCUT2D eigenvalue weighted by Crippen LogP contribution is 2.35. The van der Waals surface area contributed by atoms with Gasteiger partial charge in [-0.05, 0) is 24.3 Å². The minimum atomic E-state index is -0.280. The highest BCUT2D eigenvalue weighted by molar-refractivity contribution is 6.32. The number of halogens is 1. The largest absolute Gasteiger partial charge is 0.493 e. The van der Waals surface area contributed by atoms with E-state index in [1.54, 1.807) is 18.2 Å². The van der Waals surface area contributed by atoms with E-state index in [1.807, 2.05) is 6.07 Å². The summed E-state index contributed by atoms with van der Waals surface area (Å²) in [6.45, 7) is 0.859.